The van der Waals surface area contributed by atoms with Crippen molar-refractivity contribution < 1.29 is 13.6 Å². The van der Waals surface area contributed by atoms with Crippen molar-refractivity contribution in [2.45, 2.75) is 46.6 Å². The molecule has 136 valence electrons. The zero-order valence-electron chi connectivity index (χ0n) is 15.3. The van der Waals surface area contributed by atoms with Gasteiger partial charge in [0.05, 0.1) is 12.2 Å². The molecule has 2 aromatic rings. The van der Waals surface area contributed by atoms with Crippen LogP contribution in [0.5, 0.6) is 0 Å². The predicted octanol–water partition coefficient (Wildman–Crippen LogP) is 2.15. The zero-order chi connectivity index (χ0) is 18.0. The normalized spacial score (nSPS) is 16.4. The maximum Gasteiger partial charge on any atom is 0.291 e. The Bertz CT molecular complexity index is 736. The van der Waals surface area contributed by atoms with Gasteiger partial charge in [0.25, 0.3) is 5.91 Å². The molecule has 2 aromatic heterocycles. The number of hydrogen-bond donors (Lipinski definition) is 0. The van der Waals surface area contributed by atoms with Crippen LogP contribution in [0.3, 0.4) is 0 Å². The molecule has 1 aliphatic heterocycles. The second-order valence-corrected chi connectivity index (χ2v) is 6.76. The van der Waals surface area contributed by atoms with Crippen LogP contribution in [0.4, 0.5) is 0 Å². The first-order valence-electron chi connectivity index (χ1n) is 8.72. The topological polar surface area (TPSA) is 88.5 Å². The highest BCUT2D eigenvalue weighted by atomic mass is 16.4. The SMILES string of the molecule is Cc1nc(C)c(C(=O)N2CCCN(Cc3nnc(C(C)C)o3)CC2)o1. The fraction of sp³-hybridized carbons (Fsp3) is 0.647. The predicted molar refractivity (Wildman–Crippen MR) is 90.2 cm³/mol. The van der Waals surface area contributed by atoms with E-state index in [-0.39, 0.29) is 11.8 Å². The van der Waals surface area contributed by atoms with Gasteiger partial charge in [-0.2, -0.15) is 0 Å². The summed E-state index contributed by atoms with van der Waals surface area (Å²) in [7, 11) is 0. The molecule has 3 heterocycles. The third-order valence-corrected chi connectivity index (χ3v) is 4.31. The summed E-state index contributed by atoms with van der Waals surface area (Å²) in [4.78, 5) is 20.9. The van der Waals surface area contributed by atoms with Gasteiger partial charge in [-0.3, -0.25) is 9.69 Å². The maximum atomic E-state index is 12.7. The van der Waals surface area contributed by atoms with Crippen LogP contribution in [-0.4, -0.2) is 57.1 Å². The first-order chi connectivity index (χ1) is 11.9. The average Bonchev–Trinajstić information content (AvgIpc) is 3.07. The molecule has 1 fully saturated rings. The van der Waals surface area contributed by atoms with E-state index in [0.29, 0.717) is 48.8 Å². The summed E-state index contributed by atoms with van der Waals surface area (Å²) in [6, 6.07) is 0. The molecule has 0 atom stereocenters. The van der Waals surface area contributed by atoms with E-state index in [1.807, 2.05) is 18.7 Å². The first kappa shape index (κ1) is 17.6. The van der Waals surface area contributed by atoms with Gasteiger partial charge >= 0.3 is 0 Å². The van der Waals surface area contributed by atoms with Gasteiger partial charge in [-0.25, -0.2) is 4.98 Å². The van der Waals surface area contributed by atoms with E-state index in [1.165, 1.54) is 0 Å². The van der Waals surface area contributed by atoms with Crippen molar-refractivity contribution >= 4 is 5.91 Å². The lowest BCUT2D eigenvalue weighted by atomic mass is 10.2. The van der Waals surface area contributed by atoms with Gasteiger partial charge in [-0.1, -0.05) is 13.8 Å². The molecule has 1 aliphatic rings. The van der Waals surface area contributed by atoms with Crippen LogP contribution >= 0.6 is 0 Å². The van der Waals surface area contributed by atoms with E-state index in [9.17, 15) is 4.79 Å². The van der Waals surface area contributed by atoms with Crippen LogP contribution < -0.4 is 0 Å². The molecule has 0 radical (unpaired) electrons. The summed E-state index contributed by atoms with van der Waals surface area (Å²) < 4.78 is 11.2. The molecule has 0 aromatic carbocycles. The van der Waals surface area contributed by atoms with Crippen LogP contribution in [0.2, 0.25) is 0 Å². The Balaban J connectivity index is 1.60. The van der Waals surface area contributed by atoms with Crippen molar-refractivity contribution in [1.29, 1.82) is 0 Å². The Hall–Kier alpha value is -2.22. The first-order valence-corrected chi connectivity index (χ1v) is 8.72. The summed E-state index contributed by atoms with van der Waals surface area (Å²) >= 11 is 0. The number of carbonyl (C=O) groups excluding carboxylic acids is 1. The summed E-state index contributed by atoms with van der Waals surface area (Å²) in [5.74, 6) is 2.31. The largest absolute Gasteiger partial charge is 0.436 e. The number of rotatable bonds is 4. The van der Waals surface area contributed by atoms with Crippen LogP contribution in [-0.2, 0) is 6.54 Å². The molecule has 0 spiro atoms. The molecule has 0 saturated carbocycles. The highest BCUT2D eigenvalue weighted by molar-refractivity contribution is 5.92. The fourth-order valence-corrected chi connectivity index (χ4v) is 2.96. The Morgan fingerprint density at radius 3 is 2.56 bits per heavy atom. The third kappa shape index (κ3) is 4.07. The third-order valence-electron chi connectivity index (χ3n) is 4.31. The molecular weight excluding hydrogens is 322 g/mol. The van der Waals surface area contributed by atoms with Gasteiger partial charge in [0.15, 0.2) is 5.89 Å². The molecular formula is C17H25N5O3. The van der Waals surface area contributed by atoms with Crippen molar-refractivity contribution in [1.82, 2.24) is 25.0 Å². The minimum absolute atomic E-state index is 0.0835. The quantitative estimate of drug-likeness (QED) is 0.837. The average molecular weight is 347 g/mol. The lowest BCUT2D eigenvalue weighted by Crippen LogP contribution is -2.35. The number of carbonyl (C=O) groups is 1. The molecule has 0 aliphatic carbocycles. The highest BCUT2D eigenvalue weighted by Gasteiger charge is 2.25. The Kier molecular flexibility index (Phi) is 5.17. The Morgan fingerprint density at radius 2 is 1.92 bits per heavy atom. The summed E-state index contributed by atoms with van der Waals surface area (Å²) in [6.45, 7) is 11.2. The highest BCUT2D eigenvalue weighted by Crippen LogP contribution is 2.16. The van der Waals surface area contributed by atoms with Gasteiger partial charge in [0, 0.05) is 39.0 Å². The molecule has 1 saturated heterocycles. The van der Waals surface area contributed by atoms with Crippen LogP contribution in [0.25, 0.3) is 0 Å². The second-order valence-electron chi connectivity index (χ2n) is 6.76. The molecule has 8 nitrogen and oxygen atoms in total. The van der Waals surface area contributed by atoms with Gasteiger partial charge in [0.1, 0.15) is 0 Å². The van der Waals surface area contributed by atoms with Gasteiger partial charge in [0.2, 0.25) is 17.5 Å². The summed E-state index contributed by atoms with van der Waals surface area (Å²) in [6.07, 6.45) is 0.892. The molecule has 3 rings (SSSR count). The molecule has 0 bridgehead atoms. The standard InChI is InChI=1S/C17H25N5O3/c1-11(2)16-20-19-14(25-16)10-21-6-5-7-22(9-8-21)17(23)15-12(3)18-13(4)24-15/h11H,5-10H2,1-4H3. The fourth-order valence-electron chi connectivity index (χ4n) is 2.96. The second kappa shape index (κ2) is 7.35. The number of aryl methyl sites for hydroxylation is 2. The minimum atomic E-state index is -0.0835. The van der Waals surface area contributed by atoms with Crippen molar-refractivity contribution in [3.05, 3.63) is 29.1 Å². The maximum absolute atomic E-state index is 12.7. The molecule has 0 unspecified atom stereocenters. The summed E-state index contributed by atoms with van der Waals surface area (Å²) in [5.41, 5.74) is 0.649. The summed E-state index contributed by atoms with van der Waals surface area (Å²) in [5, 5.41) is 8.19. The van der Waals surface area contributed by atoms with E-state index in [0.717, 1.165) is 19.5 Å². The van der Waals surface area contributed by atoms with Crippen molar-refractivity contribution in [3.63, 3.8) is 0 Å². The van der Waals surface area contributed by atoms with E-state index in [4.69, 9.17) is 8.83 Å². The van der Waals surface area contributed by atoms with Crippen LogP contribution in [0, 0.1) is 13.8 Å². The molecule has 8 heteroatoms. The molecule has 25 heavy (non-hydrogen) atoms. The monoisotopic (exact) mass is 347 g/mol. The Labute approximate surface area is 147 Å². The lowest BCUT2D eigenvalue weighted by Gasteiger charge is -2.20. The number of nitrogens with zero attached hydrogens (tertiary/aromatic N) is 5. The van der Waals surface area contributed by atoms with Gasteiger partial charge in [-0.05, 0) is 13.3 Å². The van der Waals surface area contributed by atoms with E-state index < -0.39 is 0 Å². The zero-order valence-corrected chi connectivity index (χ0v) is 15.3. The number of hydrogen-bond acceptors (Lipinski definition) is 7. The van der Waals surface area contributed by atoms with Crippen molar-refractivity contribution in [2.24, 2.45) is 0 Å². The molecule has 1 amide bonds. The smallest absolute Gasteiger partial charge is 0.291 e. The lowest BCUT2D eigenvalue weighted by molar-refractivity contribution is 0.0726. The minimum Gasteiger partial charge on any atom is -0.436 e. The van der Waals surface area contributed by atoms with Crippen molar-refractivity contribution in [2.75, 3.05) is 26.2 Å². The van der Waals surface area contributed by atoms with Gasteiger partial charge < -0.3 is 13.7 Å². The Morgan fingerprint density at radius 1 is 1.12 bits per heavy atom. The van der Waals surface area contributed by atoms with Crippen LogP contribution in [0.15, 0.2) is 8.83 Å². The van der Waals surface area contributed by atoms with E-state index >= 15 is 0 Å². The van der Waals surface area contributed by atoms with Gasteiger partial charge in [-0.15, -0.1) is 10.2 Å². The van der Waals surface area contributed by atoms with Crippen LogP contribution in [0.1, 0.15) is 60.1 Å². The molecule has 0 N–H and O–H groups in total. The number of amides is 1. The number of aromatic nitrogens is 3. The number of oxazole rings is 1. The van der Waals surface area contributed by atoms with E-state index in [1.54, 1.807) is 13.8 Å². The van der Waals surface area contributed by atoms with Crippen molar-refractivity contribution in [3.8, 4) is 0 Å². The van der Waals surface area contributed by atoms with E-state index in [2.05, 4.69) is 20.1 Å².